The lowest BCUT2D eigenvalue weighted by Gasteiger charge is -2.16. The average molecular weight is 248 g/mol. The van der Waals surface area contributed by atoms with Crippen LogP contribution in [0.15, 0.2) is 79.0 Å². The molecule has 0 spiro atoms. The minimum atomic E-state index is -0.114. The Morgan fingerprint density at radius 1 is 0.737 bits per heavy atom. The Balaban J connectivity index is 2.01. The van der Waals surface area contributed by atoms with Gasteiger partial charge >= 0.3 is 0 Å². The highest BCUT2D eigenvalue weighted by atomic mass is 15.0. The van der Waals surface area contributed by atoms with Gasteiger partial charge in [-0.25, -0.2) is 0 Å². The Morgan fingerprint density at radius 3 is 2.05 bits per heavy atom. The van der Waals surface area contributed by atoms with E-state index in [2.05, 4.69) is 34.9 Å². The van der Waals surface area contributed by atoms with Crippen molar-refractivity contribution in [3.63, 3.8) is 0 Å². The normalized spacial score (nSPS) is 12.3. The molecule has 19 heavy (non-hydrogen) atoms. The largest absolute Gasteiger partial charge is 0.319 e. The maximum atomic E-state index is 6.38. The van der Waals surface area contributed by atoms with E-state index in [4.69, 9.17) is 5.73 Å². The Labute approximate surface area is 113 Å². The molecule has 2 aromatic carbocycles. The molecule has 1 unspecified atom stereocenters. The van der Waals surface area contributed by atoms with E-state index in [1.54, 1.807) is 0 Å². The van der Waals surface area contributed by atoms with Crippen molar-refractivity contribution in [1.29, 1.82) is 0 Å². The molecule has 1 atom stereocenters. The maximum Gasteiger partial charge on any atom is 0.0709 e. The molecule has 0 radical (unpaired) electrons. The Kier molecular flexibility index (Phi) is 3.17. The molecular weight excluding hydrogens is 232 g/mol. The first-order valence-corrected chi connectivity index (χ1v) is 6.39. The third kappa shape index (κ3) is 2.30. The third-order valence-electron chi connectivity index (χ3n) is 3.29. The van der Waals surface area contributed by atoms with E-state index < -0.39 is 0 Å². The quantitative estimate of drug-likeness (QED) is 0.755. The van der Waals surface area contributed by atoms with E-state index >= 15 is 0 Å². The first-order valence-electron chi connectivity index (χ1n) is 6.39. The zero-order valence-corrected chi connectivity index (χ0v) is 10.6. The Morgan fingerprint density at radius 2 is 1.37 bits per heavy atom. The van der Waals surface area contributed by atoms with Crippen LogP contribution < -0.4 is 5.73 Å². The van der Waals surface area contributed by atoms with Crippen molar-refractivity contribution in [1.82, 2.24) is 4.57 Å². The second-order valence-electron chi connectivity index (χ2n) is 4.53. The highest BCUT2D eigenvalue weighted by molar-refractivity contribution is 5.38. The Bertz CT molecular complexity index is 641. The fourth-order valence-electron chi connectivity index (χ4n) is 2.30. The SMILES string of the molecule is NC(c1ccccc1)c1cccn1-c1ccccc1. The van der Waals surface area contributed by atoms with Crippen molar-refractivity contribution in [3.05, 3.63) is 90.3 Å². The van der Waals surface area contributed by atoms with Crippen LogP contribution in [0.5, 0.6) is 0 Å². The van der Waals surface area contributed by atoms with Gasteiger partial charge in [-0.05, 0) is 29.8 Å². The zero-order valence-electron chi connectivity index (χ0n) is 10.6. The van der Waals surface area contributed by atoms with Crippen molar-refractivity contribution < 1.29 is 0 Å². The van der Waals surface area contributed by atoms with Crippen molar-refractivity contribution in [3.8, 4) is 5.69 Å². The second kappa shape index (κ2) is 5.12. The van der Waals surface area contributed by atoms with Gasteiger partial charge in [-0.3, -0.25) is 0 Å². The monoisotopic (exact) mass is 248 g/mol. The van der Waals surface area contributed by atoms with E-state index in [9.17, 15) is 0 Å². The number of nitrogens with two attached hydrogens (primary N) is 1. The van der Waals surface area contributed by atoms with Gasteiger partial charge in [0.15, 0.2) is 0 Å². The highest BCUT2D eigenvalue weighted by Crippen LogP contribution is 2.22. The topological polar surface area (TPSA) is 30.9 Å². The smallest absolute Gasteiger partial charge is 0.0709 e. The summed E-state index contributed by atoms with van der Waals surface area (Å²) in [5, 5.41) is 0. The van der Waals surface area contributed by atoms with Crippen molar-refractivity contribution in [2.45, 2.75) is 6.04 Å². The minimum Gasteiger partial charge on any atom is -0.319 e. The summed E-state index contributed by atoms with van der Waals surface area (Å²) in [4.78, 5) is 0. The summed E-state index contributed by atoms with van der Waals surface area (Å²) in [6.07, 6.45) is 2.05. The van der Waals surface area contributed by atoms with Gasteiger partial charge < -0.3 is 10.3 Å². The molecular formula is C17H16N2. The van der Waals surface area contributed by atoms with E-state index in [1.165, 1.54) is 0 Å². The summed E-state index contributed by atoms with van der Waals surface area (Å²) in [5.41, 5.74) is 9.73. The molecule has 0 saturated carbocycles. The molecule has 0 fully saturated rings. The standard InChI is InChI=1S/C17H16N2/c18-17(14-8-3-1-4-9-14)16-12-7-13-19(16)15-10-5-2-6-11-15/h1-13,17H,18H2. The van der Waals surface area contributed by atoms with Gasteiger partial charge in [0.1, 0.15) is 0 Å². The molecule has 0 aliphatic carbocycles. The summed E-state index contributed by atoms with van der Waals surface area (Å²) in [6, 6.07) is 24.4. The predicted octanol–water partition coefficient (Wildman–Crippen LogP) is 3.53. The molecule has 2 nitrogen and oxygen atoms in total. The van der Waals surface area contributed by atoms with Crippen LogP contribution in [0.4, 0.5) is 0 Å². The number of hydrogen-bond acceptors (Lipinski definition) is 1. The molecule has 2 N–H and O–H groups in total. The van der Waals surface area contributed by atoms with Crippen LogP contribution in [0.3, 0.4) is 0 Å². The van der Waals surface area contributed by atoms with Gasteiger partial charge in [0.25, 0.3) is 0 Å². The summed E-state index contributed by atoms with van der Waals surface area (Å²) in [7, 11) is 0. The Hall–Kier alpha value is -2.32. The van der Waals surface area contributed by atoms with Crippen LogP contribution in [0.2, 0.25) is 0 Å². The highest BCUT2D eigenvalue weighted by Gasteiger charge is 2.13. The summed E-state index contributed by atoms with van der Waals surface area (Å²) in [5.74, 6) is 0. The van der Waals surface area contributed by atoms with Gasteiger partial charge in [-0.1, -0.05) is 48.5 Å². The van der Waals surface area contributed by atoms with E-state index in [0.717, 1.165) is 16.9 Å². The molecule has 1 aromatic heterocycles. The average Bonchev–Trinajstić information content (AvgIpc) is 2.98. The van der Waals surface area contributed by atoms with Crippen LogP contribution in [0.1, 0.15) is 17.3 Å². The predicted molar refractivity (Wildman–Crippen MR) is 78.2 cm³/mol. The van der Waals surface area contributed by atoms with Gasteiger partial charge in [-0.15, -0.1) is 0 Å². The molecule has 0 saturated heterocycles. The summed E-state index contributed by atoms with van der Waals surface area (Å²) < 4.78 is 2.14. The lowest BCUT2D eigenvalue weighted by molar-refractivity contribution is 0.793. The zero-order chi connectivity index (χ0) is 13.1. The van der Waals surface area contributed by atoms with Crippen molar-refractivity contribution in [2.75, 3.05) is 0 Å². The van der Waals surface area contributed by atoms with Crippen molar-refractivity contribution >= 4 is 0 Å². The third-order valence-corrected chi connectivity index (χ3v) is 3.29. The number of para-hydroxylation sites is 1. The lowest BCUT2D eigenvalue weighted by atomic mass is 10.0. The maximum absolute atomic E-state index is 6.38. The molecule has 94 valence electrons. The van der Waals surface area contributed by atoms with Crippen LogP contribution in [-0.4, -0.2) is 4.57 Å². The fraction of sp³-hybridized carbons (Fsp3) is 0.0588. The number of nitrogens with zero attached hydrogens (tertiary/aromatic N) is 1. The van der Waals surface area contributed by atoms with E-state index in [1.807, 2.05) is 48.7 Å². The van der Waals surface area contributed by atoms with Gasteiger partial charge in [-0.2, -0.15) is 0 Å². The second-order valence-corrected chi connectivity index (χ2v) is 4.53. The van der Waals surface area contributed by atoms with Crippen LogP contribution in [-0.2, 0) is 0 Å². The van der Waals surface area contributed by atoms with Gasteiger partial charge in [0.2, 0.25) is 0 Å². The number of aromatic nitrogens is 1. The minimum absolute atomic E-state index is 0.114. The molecule has 2 heteroatoms. The molecule has 3 rings (SSSR count). The van der Waals surface area contributed by atoms with Crippen molar-refractivity contribution in [2.24, 2.45) is 5.73 Å². The number of benzene rings is 2. The van der Waals surface area contributed by atoms with E-state index in [-0.39, 0.29) is 6.04 Å². The first-order chi connectivity index (χ1) is 9.36. The number of rotatable bonds is 3. The molecule has 0 amide bonds. The van der Waals surface area contributed by atoms with Crippen LogP contribution in [0.25, 0.3) is 5.69 Å². The van der Waals surface area contributed by atoms with Crippen LogP contribution >= 0.6 is 0 Å². The fourth-order valence-corrected chi connectivity index (χ4v) is 2.30. The molecule has 0 aliphatic heterocycles. The van der Waals surface area contributed by atoms with Gasteiger partial charge in [0, 0.05) is 17.6 Å². The molecule has 1 heterocycles. The molecule has 0 bridgehead atoms. The van der Waals surface area contributed by atoms with E-state index in [0.29, 0.717) is 0 Å². The lowest BCUT2D eigenvalue weighted by Crippen LogP contribution is -2.15. The van der Waals surface area contributed by atoms with Crippen LogP contribution in [0, 0.1) is 0 Å². The number of hydrogen-bond donors (Lipinski definition) is 1. The summed E-state index contributed by atoms with van der Waals surface area (Å²) >= 11 is 0. The first kappa shape index (κ1) is 11.8. The van der Waals surface area contributed by atoms with Gasteiger partial charge in [0.05, 0.1) is 6.04 Å². The molecule has 3 aromatic rings. The molecule has 0 aliphatic rings. The summed E-state index contributed by atoms with van der Waals surface area (Å²) in [6.45, 7) is 0.